The van der Waals surface area contributed by atoms with Gasteiger partial charge in [-0.15, -0.1) is 0 Å². The molecule has 0 amide bonds. The molecule has 1 fully saturated rings. The fourth-order valence-electron chi connectivity index (χ4n) is 3.52. The fourth-order valence-corrected chi connectivity index (χ4v) is 3.52. The standard InChI is InChI=1S/C21H25FN6O3/c1-29-17-7-6-15(13-18(17)30-2)24-20-25-19(23)26-21(27-8-10-31-11-9-27)28(20)16-5-3-4-14(22)12-16/h3-7,12-13,20,24H,8-11H2,1-2H3,(H2,23,25). The van der Waals surface area contributed by atoms with E-state index < -0.39 is 6.29 Å². The number of guanidine groups is 2. The first-order valence-electron chi connectivity index (χ1n) is 9.87. The van der Waals surface area contributed by atoms with Crippen molar-refractivity contribution in [1.29, 1.82) is 0 Å². The molecular formula is C21H25FN6O3. The third-order valence-electron chi connectivity index (χ3n) is 4.99. The third kappa shape index (κ3) is 4.48. The Labute approximate surface area is 179 Å². The number of nitrogens with one attached hydrogen (secondary N) is 1. The summed E-state index contributed by atoms with van der Waals surface area (Å²) in [5.74, 6) is 1.54. The van der Waals surface area contributed by atoms with Gasteiger partial charge in [0.15, 0.2) is 11.5 Å². The minimum absolute atomic E-state index is 0.132. The van der Waals surface area contributed by atoms with Gasteiger partial charge in [-0.25, -0.2) is 9.38 Å². The van der Waals surface area contributed by atoms with Crippen LogP contribution in [0, 0.1) is 5.82 Å². The lowest BCUT2D eigenvalue weighted by Crippen LogP contribution is -2.57. The smallest absolute Gasteiger partial charge is 0.222 e. The van der Waals surface area contributed by atoms with Gasteiger partial charge < -0.3 is 30.2 Å². The Hall–Kier alpha value is -3.53. The molecule has 0 spiro atoms. The van der Waals surface area contributed by atoms with E-state index in [1.54, 1.807) is 38.5 Å². The summed E-state index contributed by atoms with van der Waals surface area (Å²) < 4.78 is 30.3. The van der Waals surface area contributed by atoms with Gasteiger partial charge in [0.25, 0.3) is 0 Å². The number of benzene rings is 2. The molecule has 10 heteroatoms. The lowest BCUT2D eigenvalue weighted by atomic mass is 10.2. The van der Waals surface area contributed by atoms with Crippen LogP contribution >= 0.6 is 0 Å². The third-order valence-corrected chi connectivity index (χ3v) is 4.99. The van der Waals surface area contributed by atoms with Crippen LogP contribution in [0.5, 0.6) is 11.5 Å². The Balaban J connectivity index is 1.71. The average Bonchev–Trinajstić information content (AvgIpc) is 2.79. The molecule has 1 atom stereocenters. The maximum absolute atomic E-state index is 14.1. The second kappa shape index (κ2) is 9.09. The minimum Gasteiger partial charge on any atom is -0.493 e. The van der Waals surface area contributed by atoms with Crippen LogP contribution in [0.25, 0.3) is 0 Å². The molecule has 1 saturated heterocycles. The van der Waals surface area contributed by atoms with Crippen LogP contribution in [0.4, 0.5) is 15.8 Å². The van der Waals surface area contributed by atoms with E-state index in [2.05, 4.69) is 20.2 Å². The second-order valence-corrected chi connectivity index (χ2v) is 6.94. The highest BCUT2D eigenvalue weighted by atomic mass is 19.1. The fraction of sp³-hybridized carbons (Fsp3) is 0.333. The van der Waals surface area contributed by atoms with Crippen molar-refractivity contribution in [2.45, 2.75) is 6.29 Å². The van der Waals surface area contributed by atoms with Crippen molar-refractivity contribution in [3.63, 3.8) is 0 Å². The van der Waals surface area contributed by atoms with Crippen molar-refractivity contribution >= 4 is 23.3 Å². The quantitative estimate of drug-likeness (QED) is 0.752. The van der Waals surface area contributed by atoms with E-state index in [0.29, 0.717) is 49.4 Å². The van der Waals surface area contributed by atoms with Gasteiger partial charge >= 0.3 is 0 Å². The molecule has 2 heterocycles. The number of hydrogen-bond acceptors (Lipinski definition) is 9. The van der Waals surface area contributed by atoms with Crippen molar-refractivity contribution in [1.82, 2.24) is 4.90 Å². The molecule has 164 valence electrons. The van der Waals surface area contributed by atoms with E-state index in [1.807, 2.05) is 11.0 Å². The topological polar surface area (TPSA) is 96.9 Å². The zero-order valence-electron chi connectivity index (χ0n) is 17.4. The summed E-state index contributed by atoms with van der Waals surface area (Å²) in [6.45, 7) is 2.42. The molecule has 2 aliphatic rings. The molecule has 1 unspecified atom stereocenters. The number of methoxy groups -OCH3 is 2. The summed E-state index contributed by atoms with van der Waals surface area (Å²) in [6, 6.07) is 11.7. The molecule has 2 aromatic carbocycles. The van der Waals surface area contributed by atoms with Crippen LogP contribution in [0.1, 0.15) is 0 Å². The SMILES string of the molecule is COc1ccc(NC2N=C(N)N=C(N3CCOCC3)N2c2cccc(F)c2)cc1OC. The summed E-state index contributed by atoms with van der Waals surface area (Å²) in [7, 11) is 3.15. The van der Waals surface area contributed by atoms with Crippen LogP contribution < -0.4 is 25.4 Å². The summed E-state index contributed by atoms with van der Waals surface area (Å²) in [4.78, 5) is 12.8. The van der Waals surface area contributed by atoms with E-state index in [1.165, 1.54) is 12.1 Å². The maximum Gasteiger partial charge on any atom is 0.222 e. The van der Waals surface area contributed by atoms with Gasteiger partial charge in [0.1, 0.15) is 5.82 Å². The number of morpholine rings is 1. The molecule has 2 aliphatic heterocycles. The average molecular weight is 428 g/mol. The van der Waals surface area contributed by atoms with E-state index in [4.69, 9.17) is 19.9 Å². The zero-order chi connectivity index (χ0) is 21.8. The van der Waals surface area contributed by atoms with Crippen molar-refractivity contribution in [2.24, 2.45) is 15.7 Å². The Bertz CT molecular complexity index is 993. The molecule has 0 radical (unpaired) electrons. The Morgan fingerprint density at radius 3 is 2.58 bits per heavy atom. The minimum atomic E-state index is -0.657. The molecule has 4 rings (SSSR count). The molecule has 2 aromatic rings. The highest BCUT2D eigenvalue weighted by molar-refractivity contribution is 6.06. The first kappa shape index (κ1) is 20.7. The molecular weight excluding hydrogens is 403 g/mol. The predicted molar refractivity (Wildman–Crippen MR) is 117 cm³/mol. The number of halogens is 1. The largest absolute Gasteiger partial charge is 0.493 e. The van der Waals surface area contributed by atoms with Crippen molar-refractivity contribution in [2.75, 3.05) is 50.7 Å². The van der Waals surface area contributed by atoms with Gasteiger partial charge in [0.05, 0.1) is 33.1 Å². The van der Waals surface area contributed by atoms with Gasteiger partial charge in [-0.1, -0.05) is 6.07 Å². The number of ether oxygens (including phenoxy) is 3. The van der Waals surface area contributed by atoms with E-state index in [-0.39, 0.29) is 11.8 Å². The maximum atomic E-state index is 14.1. The molecule has 31 heavy (non-hydrogen) atoms. The van der Waals surface area contributed by atoms with E-state index in [0.717, 1.165) is 5.69 Å². The molecule has 0 saturated carbocycles. The number of nitrogens with zero attached hydrogens (tertiary/aromatic N) is 4. The van der Waals surface area contributed by atoms with Gasteiger partial charge in [-0.05, 0) is 30.3 Å². The summed E-state index contributed by atoms with van der Waals surface area (Å²) in [5, 5.41) is 3.34. The molecule has 0 bridgehead atoms. The number of nitrogens with two attached hydrogens (primary N) is 1. The van der Waals surface area contributed by atoms with E-state index >= 15 is 0 Å². The molecule has 0 aromatic heterocycles. The van der Waals surface area contributed by atoms with Crippen LogP contribution in [-0.4, -0.2) is 63.6 Å². The normalized spacial score (nSPS) is 18.9. The van der Waals surface area contributed by atoms with Crippen LogP contribution in [0.15, 0.2) is 52.4 Å². The number of hydrogen-bond donors (Lipinski definition) is 2. The number of aliphatic imine (C=N–C) groups is 2. The molecule has 0 aliphatic carbocycles. The Kier molecular flexibility index (Phi) is 6.08. The molecule has 9 nitrogen and oxygen atoms in total. The lowest BCUT2D eigenvalue weighted by molar-refractivity contribution is 0.0671. The van der Waals surface area contributed by atoms with Gasteiger partial charge in [0.2, 0.25) is 18.2 Å². The molecule has 3 N–H and O–H groups in total. The van der Waals surface area contributed by atoms with Crippen LogP contribution in [0.3, 0.4) is 0 Å². The predicted octanol–water partition coefficient (Wildman–Crippen LogP) is 2.06. The van der Waals surface area contributed by atoms with Crippen molar-refractivity contribution in [3.05, 3.63) is 48.3 Å². The number of anilines is 2. The lowest BCUT2D eigenvalue weighted by Gasteiger charge is -2.41. The highest BCUT2D eigenvalue weighted by Gasteiger charge is 2.32. The van der Waals surface area contributed by atoms with Crippen molar-refractivity contribution in [3.8, 4) is 11.5 Å². The monoisotopic (exact) mass is 428 g/mol. The van der Waals surface area contributed by atoms with Crippen molar-refractivity contribution < 1.29 is 18.6 Å². The first-order chi connectivity index (χ1) is 15.1. The summed E-state index contributed by atoms with van der Waals surface area (Å²) in [5.41, 5.74) is 7.39. The highest BCUT2D eigenvalue weighted by Crippen LogP contribution is 2.31. The van der Waals surface area contributed by atoms with E-state index in [9.17, 15) is 4.39 Å². The van der Waals surface area contributed by atoms with Gasteiger partial charge in [0, 0.05) is 24.8 Å². The van der Waals surface area contributed by atoms with Crippen LogP contribution in [0.2, 0.25) is 0 Å². The Morgan fingerprint density at radius 2 is 1.87 bits per heavy atom. The first-order valence-corrected chi connectivity index (χ1v) is 9.87. The van der Waals surface area contributed by atoms with Crippen LogP contribution in [-0.2, 0) is 4.74 Å². The second-order valence-electron chi connectivity index (χ2n) is 6.94. The Morgan fingerprint density at radius 1 is 1.10 bits per heavy atom. The van der Waals surface area contributed by atoms with Gasteiger partial charge in [-0.2, -0.15) is 4.99 Å². The summed E-state index contributed by atoms with van der Waals surface area (Å²) in [6.07, 6.45) is -0.657. The summed E-state index contributed by atoms with van der Waals surface area (Å²) >= 11 is 0. The number of rotatable bonds is 5. The zero-order valence-corrected chi connectivity index (χ0v) is 17.4. The van der Waals surface area contributed by atoms with Gasteiger partial charge in [-0.3, -0.25) is 4.90 Å².